The minimum absolute atomic E-state index is 0.0671. The van der Waals surface area contributed by atoms with Crippen LogP contribution in [0.15, 0.2) is 42.5 Å². The molecule has 3 aromatic rings. The average Bonchev–Trinajstić information content (AvgIpc) is 2.78. The number of nitrogens with zero attached hydrogens (tertiary/aromatic N) is 3. The quantitative estimate of drug-likeness (QED) is 0.717. The van der Waals surface area contributed by atoms with Crippen LogP contribution in [-0.4, -0.2) is 56.2 Å². The number of fused-ring (bicyclic) bond motifs is 1. The Morgan fingerprint density at radius 3 is 2.23 bits per heavy atom. The van der Waals surface area contributed by atoms with Gasteiger partial charge in [-0.25, -0.2) is 4.98 Å². The third kappa shape index (κ3) is 3.70. The van der Waals surface area contributed by atoms with E-state index in [0.717, 1.165) is 27.8 Å². The largest absolute Gasteiger partial charge is 0.493 e. The van der Waals surface area contributed by atoms with Crippen LogP contribution in [0.1, 0.15) is 15.9 Å². The van der Waals surface area contributed by atoms with E-state index in [-0.39, 0.29) is 5.91 Å². The van der Waals surface area contributed by atoms with E-state index in [1.807, 2.05) is 54.3 Å². The van der Waals surface area contributed by atoms with Gasteiger partial charge in [-0.3, -0.25) is 4.79 Å². The van der Waals surface area contributed by atoms with Crippen molar-refractivity contribution in [2.75, 3.05) is 51.0 Å². The van der Waals surface area contributed by atoms with Gasteiger partial charge in [-0.1, -0.05) is 17.7 Å². The van der Waals surface area contributed by atoms with Gasteiger partial charge in [0, 0.05) is 54.9 Å². The number of piperazine rings is 1. The number of nitrogens with two attached hydrogens (primary N) is 1. The Morgan fingerprint density at radius 1 is 0.967 bits per heavy atom. The van der Waals surface area contributed by atoms with E-state index in [0.29, 0.717) is 43.4 Å². The highest BCUT2D eigenvalue weighted by Crippen LogP contribution is 2.35. The van der Waals surface area contributed by atoms with Crippen LogP contribution in [0.25, 0.3) is 10.9 Å². The highest BCUT2D eigenvalue weighted by Gasteiger charge is 2.23. The minimum Gasteiger partial charge on any atom is -0.493 e. The summed E-state index contributed by atoms with van der Waals surface area (Å²) in [6, 6.07) is 13.3. The highest BCUT2D eigenvalue weighted by molar-refractivity contribution is 5.95. The molecule has 1 aromatic heterocycles. The summed E-state index contributed by atoms with van der Waals surface area (Å²) in [7, 11) is 3.19. The molecule has 0 radical (unpaired) electrons. The van der Waals surface area contributed by atoms with E-state index in [1.165, 1.54) is 0 Å². The van der Waals surface area contributed by atoms with Crippen molar-refractivity contribution in [3.63, 3.8) is 0 Å². The second-order valence-electron chi connectivity index (χ2n) is 7.44. The molecule has 0 saturated carbocycles. The van der Waals surface area contributed by atoms with Crippen LogP contribution in [0, 0.1) is 6.92 Å². The predicted octanol–water partition coefficient (Wildman–Crippen LogP) is 3.11. The van der Waals surface area contributed by atoms with Gasteiger partial charge >= 0.3 is 0 Å². The zero-order valence-electron chi connectivity index (χ0n) is 17.5. The summed E-state index contributed by atoms with van der Waals surface area (Å²) in [5.74, 6) is 2.10. The van der Waals surface area contributed by atoms with Crippen molar-refractivity contribution in [1.29, 1.82) is 0 Å². The summed E-state index contributed by atoms with van der Waals surface area (Å²) in [5, 5.41) is 0.824. The van der Waals surface area contributed by atoms with Crippen LogP contribution in [-0.2, 0) is 0 Å². The summed E-state index contributed by atoms with van der Waals surface area (Å²) in [4.78, 5) is 21.6. The number of pyridine rings is 1. The molecule has 30 heavy (non-hydrogen) atoms. The number of hydrogen-bond donors (Lipinski definition) is 1. The number of amides is 1. The first-order valence-corrected chi connectivity index (χ1v) is 9.93. The number of rotatable bonds is 4. The summed E-state index contributed by atoms with van der Waals surface area (Å²) in [5.41, 5.74) is 9.57. The Labute approximate surface area is 176 Å². The number of methoxy groups -OCH3 is 2. The summed E-state index contributed by atoms with van der Waals surface area (Å²) in [6.07, 6.45) is 0. The molecular weight excluding hydrogens is 380 g/mol. The van der Waals surface area contributed by atoms with Gasteiger partial charge in [0.15, 0.2) is 11.5 Å². The van der Waals surface area contributed by atoms with Crippen LogP contribution in [0.4, 0.5) is 11.5 Å². The molecule has 0 atom stereocenters. The lowest BCUT2D eigenvalue weighted by atomic mass is 10.1. The molecule has 1 aliphatic heterocycles. The Balaban J connectivity index is 1.53. The van der Waals surface area contributed by atoms with Crippen molar-refractivity contribution >= 4 is 28.3 Å². The van der Waals surface area contributed by atoms with Gasteiger partial charge in [0.05, 0.1) is 19.7 Å². The van der Waals surface area contributed by atoms with Crippen molar-refractivity contribution < 1.29 is 14.3 Å². The molecule has 156 valence electrons. The highest BCUT2D eigenvalue weighted by atomic mass is 16.5. The molecule has 2 N–H and O–H groups in total. The SMILES string of the molecule is COc1cc2nc(N3CCN(C(=O)c4ccc(C)cc4)CC3)cc(N)c2cc1OC. The Morgan fingerprint density at radius 2 is 1.60 bits per heavy atom. The van der Waals surface area contributed by atoms with Crippen molar-refractivity contribution in [2.24, 2.45) is 0 Å². The van der Waals surface area contributed by atoms with Gasteiger partial charge in [-0.2, -0.15) is 0 Å². The lowest BCUT2D eigenvalue weighted by molar-refractivity contribution is 0.0746. The minimum atomic E-state index is 0.0671. The van der Waals surface area contributed by atoms with Gasteiger partial charge in [-0.05, 0) is 25.1 Å². The first kappa shape index (κ1) is 19.8. The molecule has 2 aromatic carbocycles. The zero-order chi connectivity index (χ0) is 21.3. The number of aromatic nitrogens is 1. The fourth-order valence-corrected chi connectivity index (χ4v) is 3.74. The van der Waals surface area contributed by atoms with E-state index >= 15 is 0 Å². The average molecular weight is 406 g/mol. The summed E-state index contributed by atoms with van der Waals surface area (Å²) >= 11 is 0. The van der Waals surface area contributed by atoms with Gasteiger partial charge < -0.3 is 25.0 Å². The fourth-order valence-electron chi connectivity index (χ4n) is 3.74. The second-order valence-corrected chi connectivity index (χ2v) is 7.44. The molecule has 0 aliphatic carbocycles. The fraction of sp³-hybridized carbons (Fsp3) is 0.304. The van der Waals surface area contributed by atoms with E-state index in [4.69, 9.17) is 20.2 Å². The van der Waals surface area contributed by atoms with Gasteiger partial charge in [0.2, 0.25) is 0 Å². The zero-order valence-corrected chi connectivity index (χ0v) is 17.5. The number of carbonyl (C=O) groups is 1. The molecule has 1 aliphatic rings. The third-order valence-electron chi connectivity index (χ3n) is 5.52. The molecule has 4 rings (SSSR count). The Kier molecular flexibility index (Phi) is 5.35. The number of hydrogen-bond acceptors (Lipinski definition) is 6. The molecule has 0 unspecified atom stereocenters. The molecule has 7 heteroatoms. The van der Waals surface area contributed by atoms with Gasteiger partial charge in [-0.15, -0.1) is 0 Å². The second kappa shape index (κ2) is 8.10. The predicted molar refractivity (Wildman–Crippen MR) is 119 cm³/mol. The Bertz CT molecular complexity index is 1070. The van der Waals surface area contributed by atoms with Crippen molar-refractivity contribution in [3.05, 3.63) is 53.6 Å². The lowest BCUT2D eigenvalue weighted by Gasteiger charge is -2.35. The van der Waals surface area contributed by atoms with E-state index < -0.39 is 0 Å². The standard InChI is InChI=1S/C23H26N4O3/c1-15-4-6-16(7-5-15)23(28)27-10-8-26(9-11-27)22-13-18(24)17-12-20(29-2)21(30-3)14-19(17)25-22/h4-7,12-14H,8-11H2,1-3H3,(H2,24,25). The maximum Gasteiger partial charge on any atom is 0.253 e. The molecule has 1 fully saturated rings. The van der Waals surface area contributed by atoms with Gasteiger partial charge in [0.25, 0.3) is 5.91 Å². The molecule has 1 saturated heterocycles. The van der Waals surface area contributed by atoms with Crippen LogP contribution in [0.3, 0.4) is 0 Å². The molecule has 1 amide bonds. The van der Waals surface area contributed by atoms with Crippen LogP contribution in [0.2, 0.25) is 0 Å². The number of benzene rings is 2. The summed E-state index contributed by atoms with van der Waals surface area (Å²) < 4.78 is 10.8. The number of nitrogen functional groups attached to an aromatic ring is 1. The Hall–Kier alpha value is -3.48. The molecule has 0 bridgehead atoms. The van der Waals surface area contributed by atoms with E-state index in [1.54, 1.807) is 14.2 Å². The number of carbonyl (C=O) groups excluding carboxylic acids is 1. The smallest absolute Gasteiger partial charge is 0.253 e. The maximum absolute atomic E-state index is 12.8. The molecular formula is C23H26N4O3. The number of aryl methyl sites for hydroxylation is 1. The van der Waals surface area contributed by atoms with Crippen LogP contribution in [0.5, 0.6) is 11.5 Å². The molecule has 2 heterocycles. The van der Waals surface area contributed by atoms with Crippen molar-refractivity contribution in [3.8, 4) is 11.5 Å². The molecule has 7 nitrogen and oxygen atoms in total. The van der Waals surface area contributed by atoms with Crippen LogP contribution >= 0.6 is 0 Å². The normalized spacial score (nSPS) is 14.1. The number of ether oxygens (including phenoxy) is 2. The number of anilines is 2. The molecule has 0 spiro atoms. The van der Waals surface area contributed by atoms with E-state index in [9.17, 15) is 4.79 Å². The monoisotopic (exact) mass is 406 g/mol. The topological polar surface area (TPSA) is 80.9 Å². The van der Waals surface area contributed by atoms with Crippen molar-refractivity contribution in [2.45, 2.75) is 6.92 Å². The first-order valence-electron chi connectivity index (χ1n) is 9.93. The lowest BCUT2D eigenvalue weighted by Crippen LogP contribution is -2.49. The third-order valence-corrected chi connectivity index (χ3v) is 5.52. The van der Waals surface area contributed by atoms with Crippen molar-refractivity contribution in [1.82, 2.24) is 9.88 Å². The summed E-state index contributed by atoms with van der Waals surface area (Å²) in [6.45, 7) is 4.68. The maximum atomic E-state index is 12.8. The first-order chi connectivity index (χ1) is 14.5. The van der Waals surface area contributed by atoms with E-state index in [2.05, 4.69) is 4.90 Å². The van der Waals surface area contributed by atoms with Crippen LogP contribution < -0.4 is 20.1 Å². The van der Waals surface area contributed by atoms with Gasteiger partial charge in [0.1, 0.15) is 5.82 Å².